The molecule has 0 saturated carbocycles. The molecule has 0 aromatic heterocycles. The van der Waals surface area contributed by atoms with Gasteiger partial charge in [-0.25, -0.2) is 0 Å². The van der Waals surface area contributed by atoms with E-state index < -0.39 is 0 Å². The van der Waals surface area contributed by atoms with E-state index in [0.717, 1.165) is 0 Å². The Bertz CT molecular complexity index is 3020. The third-order valence-electron chi connectivity index (χ3n) is 11.4. The Labute approximate surface area is 314 Å². The van der Waals surface area contributed by atoms with Gasteiger partial charge in [-0.05, 0) is 121 Å². The van der Waals surface area contributed by atoms with Gasteiger partial charge in [0.05, 0.1) is 0 Å². The van der Waals surface area contributed by atoms with E-state index in [2.05, 4.69) is 206 Å². The van der Waals surface area contributed by atoms with Crippen molar-refractivity contribution in [2.24, 2.45) is 0 Å². The summed E-state index contributed by atoms with van der Waals surface area (Å²) in [4.78, 5) is 0. The fourth-order valence-electron chi connectivity index (χ4n) is 8.96. The molecular weight excluding hydrogens is 649 g/mol. The van der Waals surface area contributed by atoms with Crippen LogP contribution in [0, 0.1) is 0 Å². The Morgan fingerprint density at radius 2 is 0.444 bits per heavy atom. The fraction of sp³-hybridized carbons (Fsp3) is 0. The summed E-state index contributed by atoms with van der Waals surface area (Å²) in [5, 5.41) is 15.3. The molecule has 0 aliphatic carbocycles. The van der Waals surface area contributed by atoms with Gasteiger partial charge in [-0.3, -0.25) is 0 Å². The summed E-state index contributed by atoms with van der Waals surface area (Å²) in [5.41, 5.74) is 9.92. The second kappa shape index (κ2) is 12.3. The summed E-state index contributed by atoms with van der Waals surface area (Å²) in [6, 6.07) is 76.1. The van der Waals surface area contributed by atoms with E-state index in [0.29, 0.717) is 0 Å². The lowest BCUT2D eigenvalue weighted by Gasteiger charge is -2.19. The van der Waals surface area contributed by atoms with Crippen LogP contribution in [-0.4, -0.2) is 0 Å². The van der Waals surface area contributed by atoms with E-state index in [1.807, 2.05) is 0 Å². The molecule has 0 spiro atoms. The maximum atomic E-state index is 2.35. The van der Waals surface area contributed by atoms with Crippen molar-refractivity contribution in [3.63, 3.8) is 0 Å². The Balaban J connectivity index is 1.11. The lowest BCUT2D eigenvalue weighted by Crippen LogP contribution is -1.92. The van der Waals surface area contributed by atoms with Gasteiger partial charge in [0, 0.05) is 0 Å². The molecule has 0 heterocycles. The van der Waals surface area contributed by atoms with E-state index in [1.54, 1.807) is 0 Å². The van der Waals surface area contributed by atoms with Crippen molar-refractivity contribution in [1.29, 1.82) is 0 Å². The third-order valence-corrected chi connectivity index (χ3v) is 11.4. The SMILES string of the molecule is c1ccc2c(c1)cc(-c1ccc(-c3c(-c4ccc(-c5cc6ccccc6c6ccccc56)cc4)c4ccccc4c4ccccc34)cc1)c1ccccc12. The van der Waals surface area contributed by atoms with E-state index in [9.17, 15) is 0 Å². The summed E-state index contributed by atoms with van der Waals surface area (Å²) in [6.45, 7) is 0. The van der Waals surface area contributed by atoms with Crippen LogP contribution < -0.4 is 0 Å². The van der Waals surface area contributed by atoms with Crippen LogP contribution in [0.25, 0.3) is 109 Å². The Morgan fingerprint density at radius 3 is 0.815 bits per heavy atom. The van der Waals surface area contributed by atoms with Gasteiger partial charge in [0.1, 0.15) is 0 Å². The normalized spacial score (nSPS) is 11.7. The van der Waals surface area contributed by atoms with Gasteiger partial charge in [0.15, 0.2) is 0 Å². The van der Waals surface area contributed by atoms with Gasteiger partial charge in [0.2, 0.25) is 0 Å². The summed E-state index contributed by atoms with van der Waals surface area (Å²) in [7, 11) is 0. The Morgan fingerprint density at radius 1 is 0.185 bits per heavy atom. The van der Waals surface area contributed by atoms with Crippen LogP contribution in [0.3, 0.4) is 0 Å². The molecule has 54 heavy (non-hydrogen) atoms. The molecule has 0 amide bonds. The Hall–Kier alpha value is -7.02. The van der Waals surface area contributed by atoms with Crippen molar-refractivity contribution in [1.82, 2.24) is 0 Å². The zero-order valence-electron chi connectivity index (χ0n) is 29.6. The predicted molar refractivity (Wildman–Crippen MR) is 233 cm³/mol. The van der Waals surface area contributed by atoms with Crippen molar-refractivity contribution in [2.45, 2.75) is 0 Å². The van der Waals surface area contributed by atoms with Gasteiger partial charge >= 0.3 is 0 Å². The fourth-order valence-corrected chi connectivity index (χ4v) is 8.96. The molecule has 0 nitrogen and oxygen atoms in total. The summed E-state index contributed by atoms with van der Waals surface area (Å²) in [6.07, 6.45) is 0. The Kier molecular flexibility index (Phi) is 6.97. The molecule has 11 aromatic rings. The van der Waals surface area contributed by atoms with Crippen LogP contribution in [0.4, 0.5) is 0 Å². The molecule has 11 aromatic carbocycles. The van der Waals surface area contributed by atoms with Crippen LogP contribution in [0.15, 0.2) is 206 Å². The van der Waals surface area contributed by atoms with Crippen molar-refractivity contribution in [3.8, 4) is 44.5 Å². The minimum Gasteiger partial charge on any atom is -0.0616 e. The van der Waals surface area contributed by atoms with Crippen LogP contribution in [-0.2, 0) is 0 Å². The molecular formula is C54H34. The average Bonchev–Trinajstić information content (AvgIpc) is 3.25. The second-order valence-electron chi connectivity index (χ2n) is 14.4. The highest BCUT2D eigenvalue weighted by Gasteiger charge is 2.19. The van der Waals surface area contributed by atoms with Gasteiger partial charge in [-0.2, -0.15) is 0 Å². The molecule has 0 N–H and O–H groups in total. The molecule has 0 saturated heterocycles. The largest absolute Gasteiger partial charge is 0.0616 e. The van der Waals surface area contributed by atoms with Gasteiger partial charge < -0.3 is 0 Å². The van der Waals surface area contributed by atoms with E-state index >= 15 is 0 Å². The minimum absolute atomic E-state index is 1.21. The molecule has 0 unspecified atom stereocenters. The number of hydrogen-bond donors (Lipinski definition) is 0. The highest BCUT2D eigenvalue weighted by Crippen LogP contribution is 2.46. The number of benzene rings is 11. The maximum Gasteiger partial charge on any atom is -0.00203 e. The van der Waals surface area contributed by atoms with Gasteiger partial charge in [-0.15, -0.1) is 0 Å². The molecule has 0 atom stereocenters. The summed E-state index contributed by atoms with van der Waals surface area (Å²) in [5.74, 6) is 0. The van der Waals surface area contributed by atoms with Crippen LogP contribution in [0.1, 0.15) is 0 Å². The summed E-state index contributed by atoms with van der Waals surface area (Å²) < 4.78 is 0. The molecule has 0 radical (unpaired) electrons. The molecule has 0 bridgehead atoms. The van der Waals surface area contributed by atoms with E-state index in [-0.39, 0.29) is 0 Å². The number of hydrogen-bond acceptors (Lipinski definition) is 0. The predicted octanol–water partition coefficient (Wildman–Crippen LogP) is 15.3. The third kappa shape index (κ3) is 4.78. The van der Waals surface area contributed by atoms with Crippen LogP contribution in [0.5, 0.6) is 0 Å². The van der Waals surface area contributed by atoms with Crippen molar-refractivity contribution in [2.75, 3.05) is 0 Å². The van der Waals surface area contributed by atoms with Crippen molar-refractivity contribution < 1.29 is 0 Å². The molecule has 0 aliphatic rings. The minimum atomic E-state index is 1.21. The molecule has 250 valence electrons. The number of fused-ring (bicyclic) bond motifs is 9. The monoisotopic (exact) mass is 682 g/mol. The lowest BCUT2D eigenvalue weighted by molar-refractivity contribution is 1.61. The van der Waals surface area contributed by atoms with Crippen molar-refractivity contribution >= 4 is 64.6 Å². The average molecular weight is 683 g/mol. The second-order valence-corrected chi connectivity index (χ2v) is 14.4. The zero-order chi connectivity index (χ0) is 35.6. The lowest BCUT2D eigenvalue weighted by atomic mass is 9.84. The number of rotatable bonds is 4. The van der Waals surface area contributed by atoms with Gasteiger partial charge in [-0.1, -0.05) is 194 Å². The highest BCUT2D eigenvalue weighted by molar-refractivity contribution is 6.22. The zero-order valence-corrected chi connectivity index (χ0v) is 29.6. The first kappa shape index (κ1) is 30.6. The van der Waals surface area contributed by atoms with Crippen LogP contribution in [0.2, 0.25) is 0 Å². The smallest absolute Gasteiger partial charge is 0.00203 e. The molecule has 0 aliphatic heterocycles. The van der Waals surface area contributed by atoms with Crippen molar-refractivity contribution in [3.05, 3.63) is 206 Å². The standard InChI is InChI=1S/C54H34/c1-3-15-41-39(13-1)33-51(47-21-7-5-17-43(41)47)35-25-29-37(30-26-35)53-49-23-11-9-19-45(49)46-20-10-12-24-50(46)54(53)38-31-27-36(28-32-38)52-34-40-14-2-4-16-42(40)44-18-6-8-22-48(44)52/h1-34H. The van der Waals surface area contributed by atoms with Crippen LogP contribution >= 0.6 is 0 Å². The first-order chi connectivity index (χ1) is 26.8. The van der Waals surface area contributed by atoms with E-state index in [1.165, 1.54) is 109 Å². The van der Waals surface area contributed by atoms with Gasteiger partial charge in [0.25, 0.3) is 0 Å². The maximum absolute atomic E-state index is 2.35. The summed E-state index contributed by atoms with van der Waals surface area (Å²) >= 11 is 0. The molecule has 0 fully saturated rings. The quantitative estimate of drug-likeness (QED) is 0.162. The first-order valence-electron chi connectivity index (χ1n) is 18.8. The topological polar surface area (TPSA) is 0 Å². The molecule has 0 heteroatoms. The van der Waals surface area contributed by atoms with E-state index in [4.69, 9.17) is 0 Å². The highest BCUT2D eigenvalue weighted by atomic mass is 14.2. The first-order valence-corrected chi connectivity index (χ1v) is 18.8. The molecule has 11 rings (SSSR count).